The second-order valence-electron chi connectivity index (χ2n) is 6.86. The van der Waals surface area contributed by atoms with Crippen LogP contribution >= 0.6 is 0 Å². The first kappa shape index (κ1) is 15.7. The number of nitrogens with zero attached hydrogens (tertiary/aromatic N) is 3. The molecule has 0 aromatic rings. The maximum absolute atomic E-state index is 12.5. The summed E-state index contributed by atoms with van der Waals surface area (Å²) in [5.74, 6) is 0.853. The van der Waals surface area contributed by atoms with E-state index < -0.39 is 0 Å². The van der Waals surface area contributed by atoms with Crippen molar-refractivity contribution in [3.8, 4) is 0 Å². The molecule has 124 valence electrons. The summed E-state index contributed by atoms with van der Waals surface area (Å²) in [5.41, 5.74) is 0. The molecule has 0 N–H and O–H groups in total. The fraction of sp³-hybridized carbons (Fsp3) is 0.875. The first-order chi connectivity index (χ1) is 10.6. The van der Waals surface area contributed by atoms with Gasteiger partial charge in [0.15, 0.2) is 0 Å². The third-order valence-corrected chi connectivity index (χ3v) is 5.24. The number of hydrogen-bond donors (Lipinski definition) is 0. The maximum atomic E-state index is 12.5. The molecule has 22 heavy (non-hydrogen) atoms. The Labute approximate surface area is 132 Å². The molecule has 3 saturated heterocycles. The number of hydrogen-bond acceptors (Lipinski definition) is 4. The van der Waals surface area contributed by atoms with Crippen LogP contribution in [0.25, 0.3) is 0 Å². The van der Waals surface area contributed by atoms with Crippen molar-refractivity contribution in [1.82, 2.24) is 14.7 Å². The summed E-state index contributed by atoms with van der Waals surface area (Å²) in [5, 5.41) is 0. The Morgan fingerprint density at radius 1 is 1.18 bits per heavy atom. The predicted octanol–water partition coefficient (Wildman–Crippen LogP) is 0.0355. The van der Waals surface area contributed by atoms with Gasteiger partial charge in [-0.2, -0.15) is 0 Å². The summed E-state index contributed by atoms with van der Waals surface area (Å²) in [6.07, 6.45) is 2.56. The van der Waals surface area contributed by atoms with Crippen molar-refractivity contribution >= 4 is 11.8 Å². The van der Waals surface area contributed by atoms with Crippen LogP contribution in [0.3, 0.4) is 0 Å². The maximum Gasteiger partial charge on any atom is 0.227 e. The molecule has 0 radical (unpaired) electrons. The van der Waals surface area contributed by atoms with Gasteiger partial charge in [-0.3, -0.25) is 14.5 Å². The summed E-state index contributed by atoms with van der Waals surface area (Å²) in [7, 11) is 1.78. The summed E-state index contributed by atoms with van der Waals surface area (Å²) in [6, 6.07) is 0. The van der Waals surface area contributed by atoms with E-state index in [1.165, 1.54) is 0 Å². The van der Waals surface area contributed by atoms with Crippen molar-refractivity contribution < 1.29 is 14.3 Å². The number of amides is 2. The summed E-state index contributed by atoms with van der Waals surface area (Å²) in [6.45, 7) is 7.19. The third-order valence-electron chi connectivity index (χ3n) is 5.24. The minimum absolute atomic E-state index is 0.0977. The van der Waals surface area contributed by atoms with Gasteiger partial charge in [0, 0.05) is 52.7 Å². The van der Waals surface area contributed by atoms with Gasteiger partial charge in [0.05, 0.1) is 19.1 Å². The number of carbonyl (C=O) groups is 2. The van der Waals surface area contributed by atoms with Gasteiger partial charge in [-0.15, -0.1) is 0 Å². The third kappa shape index (κ3) is 3.60. The molecule has 1 unspecified atom stereocenters. The molecule has 0 aliphatic carbocycles. The molecular weight excluding hydrogens is 282 g/mol. The Balaban J connectivity index is 1.43. The average molecular weight is 309 g/mol. The van der Waals surface area contributed by atoms with Gasteiger partial charge in [0.1, 0.15) is 0 Å². The largest absolute Gasteiger partial charge is 0.379 e. The molecule has 3 aliphatic rings. The molecule has 0 bridgehead atoms. The van der Waals surface area contributed by atoms with Gasteiger partial charge in [-0.25, -0.2) is 0 Å². The molecule has 0 aromatic carbocycles. The highest BCUT2D eigenvalue weighted by molar-refractivity contribution is 5.89. The lowest BCUT2D eigenvalue weighted by molar-refractivity contribution is -0.137. The molecule has 1 atom stereocenters. The second kappa shape index (κ2) is 6.96. The minimum atomic E-state index is -0.117. The van der Waals surface area contributed by atoms with E-state index in [1.54, 1.807) is 11.9 Å². The second-order valence-corrected chi connectivity index (χ2v) is 6.86. The summed E-state index contributed by atoms with van der Waals surface area (Å²) in [4.78, 5) is 30.2. The summed E-state index contributed by atoms with van der Waals surface area (Å²) >= 11 is 0. The van der Waals surface area contributed by atoms with Crippen LogP contribution in [0.2, 0.25) is 0 Å². The van der Waals surface area contributed by atoms with E-state index in [9.17, 15) is 9.59 Å². The Bertz CT molecular complexity index is 415. The average Bonchev–Trinajstić information content (AvgIpc) is 2.88. The molecule has 0 aromatic heterocycles. The van der Waals surface area contributed by atoms with Crippen LogP contribution in [0.5, 0.6) is 0 Å². The molecule has 6 heteroatoms. The molecule has 3 aliphatic heterocycles. The van der Waals surface area contributed by atoms with E-state index in [-0.39, 0.29) is 17.7 Å². The van der Waals surface area contributed by atoms with Crippen molar-refractivity contribution in [3.63, 3.8) is 0 Å². The number of rotatable bonds is 3. The van der Waals surface area contributed by atoms with Crippen molar-refractivity contribution in [1.29, 1.82) is 0 Å². The standard InChI is InChI=1S/C16H27N3O3/c1-17-12-14(10-15(17)20)16(21)19-4-2-13(3-5-19)11-18-6-8-22-9-7-18/h13-14H,2-12H2,1H3. The number of piperidine rings is 1. The van der Waals surface area contributed by atoms with Crippen molar-refractivity contribution in [3.05, 3.63) is 0 Å². The normalized spacial score (nSPS) is 28.4. The van der Waals surface area contributed by atoms with Gasteiger partial charge in [0.25, 0.3) is 0 Å². The number of morpholine rings is 1. The molecular formula is C16H27N3O3. The molecule has 3 rings (SSSR count). The first-order valence-corrected chi connectivity index (χ1v) is 8.46. The Hall–Kier alpha value is -1.14. The van der Waals surface area contributed by atoms with Crippen LogP contribution < -0.4 is 0 Å². The zero-order valence-electron chi connectivity index (χ0n) is 13.5. The zero-order chi connectivity index (χ0) is 15.5. The van der Waals surface area contributed by atoms with Gasteiger partial charge in [-0.1, -0.05) is 0 Å². The van der Waals surface area contributed by atoms with Gasteiger partial charge < -0.3 is 14.5 Å². The van der Waals surface area contributed by atoms with E-state index in [0.29, 0.717) is 18.9 Å². The highest BCUT2D eigenvalue weighted by atomic mass is 16.5. The van der Waals surface area contributed by atoms with Crippen LogP contribution in [0.15, 0.2) is 0 Å². The van der Waals surface area contributed by atoms with Crippen LogP contribution in [0, 0.1) is 11.8 Å². The van der Waals surface area contributed by atoms with Crippen LogP contribution in [-0.2, 0) is 14.3 Å². The lowest BCUT2D eigenvalue weighted by Gasteiger charge is -2.36. The van der Waals surface area contributed by atoms with Crippen molar-refractivity contribution in [2.75, 3.05) is 59.5 Å². The highest BCUT2D eigenvalue weighted by Crippen LogP contribution is 2.24. The fourth-order valence-electron chi connectivity index (χ4n) is 3.77. The quantitative estimate of drug-likeness (QED) is 0.738. The lowest BCUT2D eigenvalue weighted by Crippen LogP contribution is -2.45. The van der Waals surface area contributed by atoms with E-state index in [1.807, 2.05) is 4.90 Å². The van der Waals surface area contributed by atoms with Gasteiger partial charge in [-0.05, 0) is 18.8 Å². The van der Waals surface area contributed by atoms with Crippen LogP contribution in [0.1, 0.15) is 19.3 Å². The Morgan fingerprint density at radius 3 is 2.45 bits per heavy atom. The van der Waals surface area contributed by atoms with Crippen molar-refractivity contribution in [2.24, 2.45) is 11.8 Å². The predicted molar refractivity (Wildman–Crippen MR) is 82.3 cm³/mol. The fourth-order valence-corrected chi connectivity index (χ4v) is 3.77. The first-order valence-electron chi connectivity index (χ1n) is 8.46. The monoisotopic (exact) mass is 309 g/mol. The Kier molecular flexibility index (Phi) is 4.98. The number of ether oxygens (including phenoxy) is 1. The zero-order valence-corrected chi connectivity index (χ0v) is 13.5. The van der Waals surface area contributed by atoms with Crippen molar-refractivity contribution in [2.45, 2.75) is 19.3 Å². The number of carbonyl (C=O) groups excluding carboxylic acids is 2. The van der Waals surface area contributed by atoms with E-state index in [2.05, 4.69) is 4.90 Å². The molecule has 0 saturated carbocycles. The molecule has 0 spiro atoms. The van der Waals surface area contributed by atoms with E-state index in [0.717, 1.165) is 58.8 Å². The molecule has 3 fully saturated rings. The Morgan fingerprint density at radius 2 is 1.86 bits per heavy atom. The van der Waals surface area contributed by atoms with Crippen LogP contribution in [0.4, 0.5) is 0 Å². The summed E-state index contributed by atoms with van der Waals surface area (Å²) < 4.78 is 5.39. The molecule has 6 nitrogen and oxygen atoms in total. The van der Waals surface area contributed by atoms with Gasteiger partial charge in [0.2, 0.25) is 11.8 Å². The molecule has 3 heterocycles. The lowest BCUT2D eigenvalue weighted by atomic mass is 9.94. The van der Waals surface area contributed by atoms with E-state index >= 15 is 0 Å². The SMILES string of the molecule is CN1CC(C(=O)N2CCC(CN3CCOCC3)CC2)CC1=O. The smallest absolute Gasteiger partial charge is 0.227 e. The van der Waals surface area contributed by atoms with Crippen LogP contribution in [-0.4, -0.2) is 86.0 Å². The number of likely N-dealkylation sites (tertiary alicyclic amines) is 2. The minimum Gasteiger partial charge on any atom is -0.379 e. The van der Waals surface area contributed by atoms with Gasteiger partial charge >= 0.3 is 0 Å². The molecule has 2 amide bonds. The van der Waals surface area contributed by atoms with E-state index in [4.69, 9.17) is 4.74 Å². The highest BCUT2D eigenvalue weighted by Gasteiger charge is 2.36. The topological polar surface area (TPSA) is 53.1 Å².